The summed E-state index contributed by atoms with van der Waals surface area (Å²) in [6.07, 6.45) is 0.410. The van der Waals surface area contributed by atoms with Crippen molar-refractivity contribution in [1.29, 1.82) is 0 Å². The van der Waals surface area contributed by atoms with Gasteiger partial charge in [0.2, 0.25) is 0 Å². The molecule has 0 N–H and O–H groups in total. The molecule has 2 rings (SSSR count). The van der Waals surface area contributed by atoms with E-state index in [1.165, 1.54) is 12.1 Å². The van der Waals surface area contributed by atoms with Crippen LogP contribution in [0.3, 0.4) is 0 Å². The average molecular weight is 344 g/mol. The lowest BCUT2D eigenvalue weighted by Crippen LogP contribution is -1.92. The fourth-order valence-electron chi connectivity index (χ4n) is 1.50. The summed E-state index contributed by atoms with van der Waals surface area (Å²) in [4.78, 5) is 11.4. The predicted octanol–water partition coefficient (Wildman–Crippen LogP) is 4.28. The lowest BCUT2D eigenvalue weighted by atomic mass is 10.2. The summed E-state index contributed by atoms with van der Waals surface area (Å²) in [6, 6.07) is 7.84. The molecule has 0 amide bonds. The van der Waals surface area contributed by atoms with Gasteiger partial charge >= 0.3 is 0 Å². The van der Waals surface area contributed by atoms with Crippen molar-refractivity contribution in [2.45, 2.75) is 13.3 Å². The Bertz CT molecular complexity index is 560. The Morgan fingerprint density at radius 1 is 1.35 bits per heavy atom. The minimum atomic E-state index is -0.283. The smallest absolute Gasteiger partial charge is 0.197 e. The molecule has 4 heteroatoms. The number of Topliss-reactive ketones (excluding diaryl/α,β-unsaturated/α-hetero) is 1. The molecule has 0 saturated heterocycles. The topological polar surface area (TPSA) is 30.2 Å². The zero-order valence-electron chi connectivity index (χ0n) is 9.17. The summed E-state index contributed by atoms with van der Waals surface area (Å²) in [5.74, 6) is 0.622. The Morgan fingerprint density at radius 2 is 2.12 bits per heavy atom. The van der Waals surface area contributed by atoms with Crippen LogP contribution in [0.25, 0.3) is 11.3 Å². The van der Waals surface area contributed by atoms with Crippen LogP contribution in [0.5, 0.6) is 0 Å². The van der Waals surface area contributed by atoms with E-state index in [1.54, 1.807) is 25.1 Å². The Labute approximate surface area is 112 Å². The molecule has 2 nitrogen and oxygen atoms in total. The summed E-state index contributed by atoms with van der Waals surface area (Å²) in [5, 5.41) is 0. The van der Waals surface area contributed by atoms with E-state index >= 15 is 0 Å². The Morgan fingerprint density at radius 3 is 2.76 bits per heavy atom. The molecular weight excluding hydrogens is 334 g/mol. The van der Waals surface area contributed by atoms with Gasteiger partial charge in [-0.15, -0.1) is 0 Å². The summed E-state index contributed by atoms with van der Waals surface area (Å²) in [7, 11) is 0. The molecule has 17 heavy (non-hydrogen) atoms. The largest absolute Gasteiger partial charge is 0.453 e. The third-order valence-electron chi connectivity index (χ3n) is 2.40. The molecule has 1 aromatic heterocycles. The van der Waals surface area contributed by atoms with Gasteiger partial charge in [-0.3, -0.25) is 4.79 Å². The van der Waals surface area contributed by atoms with Gasteiger partial charge < -0.3 is 4.42 Å². The van der Waals surface area contributed by atoms with Crippen LogP contribution in [0.4, 0.5) is 4.39 Å². The Hall–Kier alpha value is -1.17. The van der Waals surface area contributed by atoms with Crippen LogP contribution in [0.2, 0.25) is 0 Å². The lowest BCUT2D eigenvalue weighted by Gasteiger charge is -2.00. The van der Waals surface area contributed by atoms with Gasteiger partial charge in [0.25, 0.3) is 0 Å². The number of ketones is 1. The molecule has 88 valence electrons. The van der Waals surface area contributed by atoms with Crippen molar-refractivity contribution in [3.63, 3.8) is 0 Å². The number of carbonyl (C=O) groups excluding carboxylic acids is 1. The van der Waals surface area contributed by atoms with E-state index in [4.69, 9.17) is 4.42 Å². The zero-order chi connectivity index (χ0) is 12.4. The molecule has 1 heterocycles. The first kappa shape index (κ1) is 12.3. The lowest BCUT2D eigenvalue weighted by molar-refractivity contribution is 0.0962. The van der Waals surface area contributed by atoms with E-state index in [0.717, 1.165) is 9.13 Å². The third kappa shape index (κ3) is 2.57. The number of halogens is 2. The molecule has 0 fully saturated rings. The van der Waals surface area contributed by atoms with Gasteiger partial charge in [0.15, 0.2) is 11.5 Å². The quantitative estimate of drug-likeness (QED) is 0.615. The highest BCUT2D eigenvalue weighted by Crippen LogP contribution is 2.28. The van der Waals surface area contributed by atoms with E-state index in [0.29, 0.717) is 17.9 Å². The molecule has 0 spiro atoms. The van der Waals surface area contributed by atoms with E-state index in [1.807, 2.05) is 22.6 Å². The maximum Gasteiger partial charge on any atom is 0.197 e. The number of rotatable bonds is 3. The molecule has 2 aromatic rings. The van der Waals surface area contributed by atoms with E-state index in [-0.39, 0.29) is 11.6 Å². The van der Waals surface area contributed by atoms with Crippen LogP contribution in [0.1, 0.15) is 23.9 Å². The van der Waals surface area contributed by atoms with Crippen LogP contribution >= 0.6 is 22.6 Å². The van der Waals surface area contributed by atoms with E-state index in [9.17, 15) is 9.18 Å². The summed E-state index contributed by atoms with van der Waals surface area (Å²) in [6.45, 7) is 1.78. The normalized spacial score (nSPS) is 10.5. The molecule has 0 radical (unpaired) electrons. The van der Waals surface area contributed by atoms with Gasteiger partial charge in [-0.05, 0) is 52.9 Å². The molecule has 0 atom stereocenters. The molecule has 0 bridgehead atoms. The Balaban J connectivity index is 2.40. The first-order valence-electron chi connectivity index (χ1n) is 5.20. The zero-order valence-corrected chi connectivity index (χ0v) is 11.3. The van der Waals surface area contributed by atoms with Crippen molar-refractivity contribution in [2.75, 3.05) is 0 Å². The SMILES string of the molecule is CCC(=O)c1ccc(-c2ccc(F)cc2I)o1. The van der Waals surface area contributed by atoms with Crippen LogP contribution in [-0.2, 0) is 0 Å². The molecular formula is C13H10FIO2. The fourth-order valence-corrected chi connectivity index (χ4v) is 2.24. The number of carbonyl (C=O) groups is 1. The highest BCUT2D eigenvalue weighted by Gasteiger charge is 2.12. The van der Waals surface area contributed by atoms with Crippen LogP contribution in [0, 0.1) is 9.39 Å². The number of benzene rings is 1. The van der Waals surface area contributed by atoms with Gasteiger partial charge in [0.05, 0.1) is 0 Å². The molecule has 0 saturated carbocycles. The maximum atomic E-state index is 13.0. The van der Waals surface area contributed by atoms with Gasteiger partial charge in [0.1, 0.15) is 11.6 Å². The second-order valence-electron chi connectivity index (χ2n) is 3.56. The van der Waals surface area contributed by atoms with Gasteiger partial charge in [-0.25, -0.2) is 4.39 Å². The monoisotopic (exact) mass is 344 g/mol. The van der Waals surface area contributed by atoms with Crippen molar-refractivity contribution in [3.05, 3.63) is 45.5 Å². The minimum Gasteiger partial charge on any atom is -0.453 e. The second-order valence-corrected chi connectivity index (χ2v) is 4.73. The van der Waals surface area contributed by atoms with Crippen molar-refractivity contribution in [2.24, 2.45) is 0 Å². The fraction of sp³-hybridized carbons (Fsp3) is 0.154. The number of hydrogen-bond acceptors (Lipinski definition) is 2. The van der Waals surface area contributed by atoms with E-state index in [2.05, 4.69) is 0 Å². The summed E-state index contributed by atoms with van der Waals surface area (Å²) < 4.78 is 19.2. The van der Waals surface area contributed by atoms with Gasteiger partial charge in [-0.2, -0.15) is 0 Å². The Kier molecular flexibility index (Phi) is 3.61. The first-order valence-corrected chi connectivity index (χ1v) is 6.28. The summed E-state index contributed by atoms with van der Waals surface area (Å²) >= 11 is 2.04. The predicted molar refractivity (Wildman–Crippen MR) is 71.4 cm³/mol. The van der Waals surface area contributed by atoms with Gasteiger partial charge in [-0.1, -0.05) is 6.92 Å². The van der Waals surface area contributed by atoms with Crippen LogP contribution in [0.15, 0.2) is 34.7 Å². The minimum absolute atomic E-state index is 0.0339. The molecule has 0 unspecified atom stereocenters. The standard InChI is InChI=1S/C13H10FIO2/c1-2-11(16)13-6-5-12(17-13)9-4-3-8(14)7-10(9)15/h3-7H,2H2,1H3. The molecule has 0 aliphatic carbocycles. The second kappa shape index (κ2) is 5.00. The highest BCUT2D eigenvalue weighted by molar-refractivity contribution is 14.1. The highest BCUT2D eigenvalue weighted by atomic mass is 127. The van der Waals surface area contributed by atoms with Crippen molar-refractivity contribution >= 4 is 28.4 Å². The number of hydrogen-bond donors (Lipinski definition) is 0. The van der Waals surface area contributed by atoms with E-state index < -0.39 is 0 Å². The van der Waals surface area contributed by atoms with Crippen LogP contribution < -0.4 is 0 Å². The van der Waals surface area contributed by atoms with Crippen molar-refractivity contribution < 1.29 is 13.6 Å². The number of furan rings is 1. The molecule has 1 aromatic carbocycles. The first-order chi connectivity index (χ1) is 8.11. The molecule has 0 aliphatic heterocycles. The van der Waals surface area contributed by atoms with Crippen molar-refractivity contribution in [1.82, 2.24) is 0 Å². The molecule has 0 aliphatic rings. The van der Waals surface area contributed by atoms with Crippen LogP contribution in [-0.4, -0.2) is 5.78 Å². The maximum absolute atomic E-state index is 13.0. The third-order valence-corrected chi connectivity index (χ3v) is 3.29. The average Bonchev–Trinajstić information content (AvgIpc) is 2.77. The van der Waals surface area contributed by atoms with Crippen molar-refractivity contribution in [3.8, 4) is 11.3 Å². The summed E-state index contributed by atoms with van der Waals surface area (Å²) in [5.41, 5.74) is 0.794. The van der Waals surface area contributed by atoms with Gasteiger partial charge in [0, 0.05) is 15.6 Å².